The first-order valence-corrected chi connectivity index (χ1v) is 8.10. The smallest absolute Gasteiger partial charge is 0.337 e. The van der Waals surface area contributed by atoms with Crippen molar-refractivity contribution >= 4 is 34.3 Å². The van der Waals surface area contributed by atoms with Gasteiger partial charge in [-0.3, -0.25) is 4.79 Å². The van der Waals surface area contributed by atoms with Crippen molar-refractivity contribution in [2.75, 3.05) is 19.8 Å². The van der Waals surface area contributed by atoms with Crippen LogP contribution >= 0.6 is 22.6 Å². The Morgan fingerprint density at radius 3 is 2.70 bits per heavy atom. The number of esters is 1. The van der Waals surface area contributed by atoms with Crippen molar-refractivity contribution in [1.29, 1.82) is 0 Å². The molecule has 0 aliphatic carbocycles. The first kappa shape index (κ1) is 14.8. The van der Waals surface area contributed by atoms with E-state index < -0.39 is 11.9 Å². The molecule has 0 amide bonds. The molecule has 3 aliphatic heterocycles. The maximum Gasteiger partial charge on any atom is 0.337 e. The number of cyclic esters (lactones) is 1. The summed E-state index contributed by atoms with van der Waals surface area (Å²) in [4.78, 5) is 24.5. The fourth-order valence-electron chi connectivity index (χ4n) is 3.17. The van der Waals surface area contributed by atoms with Gasteiger partial charge in [-0.25, -0.2) is 9.18 Å². The second-order valence-corrected chi connectivity index (χ2v) is 6.67. The van der Waals surface area contributed by atoms with Crippen LogP contribution in [0.15, 0.2) is 40.7 Å². The number of hydrogen-bond acceptors (Lipinski definition) is 5. The molecule has 23 heavy (non-hydrogen) atoms. The number of Topliss-reactive ketones (excluding diaryl/α,β-unsaturated/α-hetero) is 1. The van der Waals surface area contributed by atoms with Gasteiger partial charge < -0.3 is 14.8 Å². The van der Waals surface area contributed by atoms with E-state index >= 15 is 0 Å². The Kier molecular flexibility index (Phi) is 3.49. The summed E-state index contributed by atoms with van der Waals surface area (Å²) >= 11 is 1.90. The lowest BCUT2D eigenvalue weighted by Crippen LogP contribution is -2.37. The molecule has 118 valence electrons. The molecule has 5 nitrogen and oxygen atoms in total. The van der Waals surface area contributed by atoms with Crippen LogP contribution in [-0.4, -0.2) is 31.6 Å². The van der Waals surface area contributed by atoms with Gasteiger partial charge in [-0.1, -0.05) is 6.07 Å². The van der Waals surface area contributed by atoms with Crippen LogP contribution in [0.3, 0.4) is 0 Å². The summed E-state index contributed by atoms with van der Waals surface area (Å²) in [7, 11) is 0. The normalized spacial score (nSPS) is 23.5. The van der Waals surface area contributed by atoms with E-state index in [0.29, 0.717) is 31.7 Å². The van der Waals surface area contributed by atoms with Crippen LogP contribution in [0.25, 0.3) is 0 Å². The number of benzene rings is 1. The molecular weight excluding hydrogens is 416 g/mol. The lowest BCUT2D eigenvalue weighted by Gasteiger charge is -2.31. The van der Waals surface area contributed by atoms with Gasteiger partial charge in [0.2, 0.25) is 0 Å². The quantitative estimate of drug-likeness (QED) is 0.547. The Balaban J connectivity index is 1.91. The molecule has 3 heterocycles. The maximum absolute atomic E-state index is 13.6. The van der Waals surface area contributed by atoms with Crippen molar-refractivity contribution in [3.63, 3.8) is 0 Å². The summed E-state index contributed by atoms with van der Waals surface area (Å²) < 4.78 is 24.4. The Morgan fingerprint density at radius 1 is 1.13 bits per heavy atom. The van der Waals surface area contributed by atoms with Crippen molar-refractivity contribution < 1.29 is 23.5 Å². The zero-order valence-corrected chi connectivity index (χ0v) is 14.0. The number of nitrogens with one attached hydrogen (secondary N) is 1. The monoisotopic (exact) mass is 427 g/mol. The number of carbonyl (C=O) groups is 2. The molecule has 3 aliphatic rings. The fraction of sp³-hybridized carbons (Fsp3) is 0.250. The number of dihydropyridines is 1. The molecule has 4 rings (SSSR count). The molecule has 1 N–H and O–H groups in total. The van der Waals surface area contributed by atoms with E-state index in [0.717, 1.165) is 0 Å². The Bertz CT molecular complexity index is 814. The Hall–Kier alpha value is -1.74. The summed E-state index contributed by atoms with van der Waals surface area (Å²) in [5, 5.41) is 3.10. The van der Waals surface area contributed by atoms with Gasteiger partial charge in [-0.2, -0.15) is 0 Å². The summed E-state index contributed by atoms with van der Waals surface area (Å²) in [5.74, 6) is -1.49. The predicted octanol–water partition coefficient (Wildman–Crippen LogP) is 1.78. The SMILES string of the molecule is O=C1COCC2=C1[C@@H](c1ccc(F)c(I)c1)C1=C(COC1=O)N2. The third kappa shape index (κ3) is 2.29. The van der Waals surface area contributed by atoms with Crippen molar-refractivity contribution in [2.45, 2.75) is 5.92 Å². The molecule has 1 aromatic carbocycles. The average Bonchev–Trinajstić information content (AvgIpc) is 2.90. The van der Waals surface area contributed by atoms with Crippen LogP contribution in [0.2, 0.25) is 0 Å². The Labute approximate surface area is 144 Å². The summed E-state index contributed by atoms with van der Waals surface area (Å²) in [5.41, 5.74) is 2.95. The highest BCUT2D eigenvalue weighted by Gasteiger charge is 2.43. The van der Waals surface area contributed by atoms with Crippen LogP contribution in [-0.2, 0) is 19.1 Å². The molecule has 0 aromatic heterocycles. The van der Waals surface area contributed by atoms with Crippen molar-refractivity contribution in [3.05, 3.63) is 55.7 Å². The van der Waals surface area contributed by atoms with Crippen molar-refractivity contribution in [3.8, 4) is 0 Å². The number of halogens is 2. The van der Waals surface area contributed by atoms with E-state index in [1.54, 1.807) is 12.1 Å². The van der Waals surface area contributed by atoms with Gasteiger partial charge >= 0.3 is 5.97 Å². The third-order valence-electron chi connectivity index (χ3n) is 4.15. The number of ether oxygens (including phenoxy) is 2. The molecular formula is C16H11FINO4. The standard InChI is InChI=1S/C16H11FINO4/c17-8-2-1-7(3-9(8)18)13-14-10(4-22-6-12(14)20)19-11-5-23-16(21)15(11)13/h1-3,13,19H,4-6H2/t13-/m1/s1. The van der Waals surface area contributed by atoms with Gasteiger partial charge in [0, 0.05) is 20.8 Å². The zero-order chi connectivity index (χ0) is 16.1. The maximum atomic E-state index is 13.6. The molecule has 0 radical (unpaired) electrons. The molecule has 0 fully saturated rings. The number of ketones is 1. The van der Waals surface area contributed by atoms with E-state index in [4.69, 9.17) is 9.47 Å². The average molecular weight is 427 g/mol. The van der Waals surface area contributed by atoms with Gasteiger partial charge in [0.25, 0.3) is 0 Å². The number of rotatable bonds is 1. The van der Waals surface area contributed by atoms with E-state index in [1.165, 1.54) is 6.07 Å². The molecule has 7 heteroatoms. The minimum absolute atomic E-state index is 0.0209. The molecule has 1 atom stereocenters. The zero-order valence-electron chi connectivity index (χ0n) is 11.8. The van der Waals surface area contributed by atoms with E-state index in [1.807, 2.05) is 22.6 Å². The highest BCUT2D eigenvalue weighted by atomic mass is 127. The minimum Gasteiger partial charge on any atom is -0.456 e. The molecule has 0 saturated carbocycles. The van der Waals surface area contributed by atoms with E-state index in [9.17, 15) is 14.0 Å². The molecule has 0 saturated heterocycles. The van der Waals surface area contributed by atoms with E-state index in [2.05, 4.69) is 5.32 Å². The van der Waals surface area contributed by atoms with Gasteiger partial charge in [0.15, 0.2) is 5.78 Å². The molecule has 0 spiro atoms. The molecule has 0 bridgehead atoms. The summed E-state index contributed by atoms with van der Waals surface area (Å²) in [6.07, 6.45) is 0. The highest BCUT2D eigenvalue weighted by Crippen LogP contribution is 2.42. The Morgan fingerprint density at radius 2 is 1.91 bits per heavy atom. The van der Waals surface area contributed by atoms with Crippen LogP contribution in [0, 0.1) is 9.39 Å². The fourth-order valence-corrected chi connectivity index (χ4v) is 3.71. The van der Waals surface area contributed by atoms with Gasteiger partial charge in [0.1, 0.15) is 19.0 Å². The van der Waals surface area contributed by atoms with Crippen LogP contribution < -0.4 is 5.32 Å². The second-order valence-electron chi connectivity index (χ2n) is 5.51. The largest absolute Gasteiger partial charge is 0.456 e. The highest BCUT2D eigenvalue weighted by molar-refractivity contribution is 14.1. The summed E-state index contributed by atoms with van der Waals surface area (Å²) in [6.45, 7) is 0.404. The van der Waals surface area contributed by atoms with E-state index in [-0.39, 0.29) is 31.4 Å². The van der Waals surface area contributed by atoms with Crippen molar-refractivity contribution in [1.82, 2.24) is 5.32 Å². The van der Waals surface area contributed by atoms with Gasteiger partial charge in [0.05, 0.1) is 17.9 Å². The van der Waals surface area contributed by atoms with Gasteiger partial charge in [-0.15, -0.1) is 0 Å². The lowest BCUT2D eigenvalue weighted by atomic mass is 9.78. The van der Waals surface area contributed by atoms with Crippen LogP contribution in [0.4, 0.5) is 4.39 Å². The molecule has 1 aromatic rings. The van der Waals surface area contributed by atoms with Gasteiger partial charge in [-0.05, 0) is 40.3 Å². The predicted molar refractivity (Wildman–Crippen MR) is 85.8 cm³/mol. The summed E-state index contributed by atoms with van der Waals surface area (Å²) in [6, 6.07) is 4.62. The first-order chi connectivity index (χ1) is 11.1. The minimum atomic E-state index is -0.540. The lowest BCUT2D eigenvalue weighted by molar-refractivity contribution is -0.136. The van der Waals surface area contributed by atoms with Crippen molar-refractivity contribution in [2.24, 2.45) is 0 Å². The van der Waals surface area contributed by atoms with Crippen LogP contribution in [0.1, 0.15) is 11.5 Å². The first-order valence-electron chi connectivity index (χ1n) is 7.02. The number of hydrogen-bond donors (Lipinski definition) is 1. The van der Waals surface area contributed by atoms with Crippen LogP contribution in [0.5, 0.6) is 0 Å². The number of carbonyl (C=O) groups excluding carboxylic acids is 2. The third-order valence-corrected chi connectivity index (χ3v) is 4.98. The molecule has 0 unspecified atom stereocenters. The second kappa shape index (κ2) is 5.41. The topological polar surface area (TPSA) is 64.6 Å².